The Hall–Kier alpha value is -0.160. The molecule has 4 atom stereocenters. The molecule has 0 aromatic rings. The summed E-state index contributed by atoms with van der Waals surface area (Å²) in [5.41, 5.74) is -1.30. The maximum absolute atomic E-state index is 10.1. The van der Waals surface area contributed by atoms with Crippen molar-refractivity contribution >= 4 is 0 Å². The van der Waals surface area contributed by atoms with Crippen LogP contribution in [0, 0.1) is 0 Å². The van der Waals surface area contributed by atoms with Gasteiger partial charge in [-0.05, 0) is 19.8 Å². The fourth-order valence-corrected chi connectivity index (χ4v) is 2.88. The summed E-state index contributed by atoms with van der Waals surface area (Å²) >= 11 is 0. The first-order valence-electron chi connectivity index (χ1n) is 5.36. The molecule has 0 saturated carbocycles. The molecule has 4 unspecified atom stereocenters. The van der Waals surface area contributed by atoms with E-state index in [1.165, 1.54) is 0 Å². The molecule has 0 aromatic carbocycles. The third-order valence-electron chi connectivity index (χ3n) is 3.86. The lowest BCUT2D eigenvalue weighted by molar-refractivity contribution is -0.104. The average Bonchev–Trinajstić information content (AvgIpc) is 2.43. The first-order valence-corrected chi connectivity index (χ1v) is 5.36. The molecule has 3 N–H and O–H groups in total. The minimum absolute atomic E-state index is 0.0637. The van der Waals surface area contributed by atoms with Crippen LogP contribution in [0.2, 0.25) is 0 Å². The highest BCUT2D eigenvalue weighted by atomic mass is 16.4. The number of piperidine rings is 1. The smallest absolute Gasteiger partial charge is 0.130 e. The highest BCUT2D eigenvalue weighted by Gasteiger charge is 2.54. The Balaban J connectivity index is 2.22. The van der Waals surface area contributed by atoms with Crippen LogP contribution >= 0.6 is 0 Å². The molecule has 82 valence electrons. The van der Waals surface area contributed by atoms with Crippen LogP contribution in [0.25, 0.3) is 0 Å². The number of hydrogen-bond acceptors (Lipinski definition) is 4. The highest BCUT2D eigenvalue weighted by Crippen LogP contribution is 2.37. The van der Waals surface area contributed by atoms with Gasteiger partial charge in [0.05, 0.1) is 12.7 Å². The number of fused-ring (bicyclic) bond motifs is 1. The molecule has 2 fully saturated rings. The molecule has 0 aromatic heterocycles. The number of rotatable bonds is 1. The molecular formula is C10H19NO3. The van der Waals surface area contributed by atoms with Gasteiger partial charge in [-0.1, -0.05) is 6.42 Å². The molecule has 2 heterocycles. The molecule has 4 nitrogen and oxygen atoms in total. The van der Waals surface area contributed by atoms with E-state index >= 15 is 0 Å². The van der Waals surface area contributed by atoms with Crippen LogP contribution in [-0.2, 0) is 0 Å². The zero-order valence-electron chi connectivity index (χ0n) is 8.56. The normalized spacial score (nSPS) is 49.3. The molecular weight excluding hydrogens is 182 g/mol. The van der Waals surface area contributed by atoms with Crippen LogP contribution in [0.1, 0.15) is 26.2 Å². The Morgan fingerprint density at radius 2 is 2.14 bits per heavy atom. The van der Waals surface area contributed by atoms with Crippen LogP contribution in [-0.4, -0.2) is 57.2 Å². The van der Waals surface area contributed by atoms with E-state index in [1.807, 2.05) is 0 Å². The van der Waals surface area contributed by atoms with E-state index in [4.69, 9.17) is 0 Å². The van der Waals surface area contributed by atoms with Gasteiger partial charge in [-0.15, -0.1) is 0 Å². The Kier molecular flexibility index (Phi) is 2.55. The van der Waals surface area contributed by atoms with Crippen LogP contribution in [0.5, 0.6) is 0 Å². The van der Waals surface area contributed by atoms with Crippen molar-refractivity contribution in [2.24, 2.45) is 0 Å². The Morgan fingerprint density at radius 1 is 1.43 bits per heavy atom. The van der Waals surface area contributed by atoms with E-state index in [-0.39, 0.29) is 12.6 Å². The molecule has 2 aliphatic rings. The zero-order valence-corrected chi connectivity index (χ0v) is 8.56. The molecule has 14 heavy (non-hydrogen) atoms. The summed E-state index contributed by atoms with van der Waals surface area (Å²) in [6.45, 7) is 2.26. The van der Waals surface area contributed by atoms with E-state index in [0.717, 1.165) is 19.3 Å². The van der Waals surface area contributed by atoms with Gasteiger partial charge >= 0.3 is 0 Å². The number of aliphatic hydroxyl groups is 3. The van der Waals surface area contributed by atoms with Gasteiger partial charge in [0.15, 0.2) is 0 Å². The Labute approximate surface area is 84.2 Å². The van der Waals surface area contributed by atoms with Crippen molar-refractivity contribution in [2.75, 3.05) is 13.2 Å². The van der Waals surface area contributed by atoms with Gasteiger partial charge in [0.2, 0.25) is 0 Å². The van der Waals surface area contributed by atoms with Crippen molar-refractivity contribution in [3.05, 3.63) is 0 Å². The fourth-order valence-electron chi connectivity index (χ4n) is 2.88. The summed E-state index contributed by atoms with van der Waals surface area (Å²) in [5, 5.41) is 29.1. The predicted molar refractivity (Wildman–Crippen MR) is 51.8 cm³/mol. The van der Waals surface area contributed by atoms with Crippen molar-refractivity contribution in [1.82, 2.24) is 4.90 Å². The van der Waals surface area contributed by atoms with Crippen LogP contribution in [0.15, 0.2) is 0 Å². The largest absolute Gasteiger partial charge is 0.393 e. The quantitative estimate of drug-likeness (QED) is 0.526. The number of hydrogen-bond donors (Lipinski definition) is 3. The minimum atomic E-state index is -1.30. The molecule has 4 heteroatoms. The van der Waals surface area contributed by atoms with Gasteiger partial charge < -0.3 is 15.3 Å². The van der Waals surface area contributed by atoms with Crippen molar-refractivity contribution in [3.8, 4) is 0 Å². The van der Waals surface area contributed by atoms with Gasteiger partial charge in [0.25, 0.3) is 0 Å². The third-order valence-corrected chi connectivity index (χ3v) is 3.86. The molecule has 0 radical (unpaired) electrons. The summed E-state index contributed by atoms with van der Waals surface area (Å²) in [6.07, 6.45) is 2.25. The minimum Gasteiger partial charge on any atom is -0.393 e. The van der Waals surface area contributed by atoms with Crippen molar-refractivity contribution in [1.29, 1.82) is 0 Å². The van der Waals surface area contributed by atoms with Gasteiger partial charge in [0, 0.05) is 18.6 Å². The molecule has 0 bridgehead atoms. The molecule has 0 amide bonds. The second-order valence-corrected chi connectivity index (χ2v) is 4.66. The second-order valence-electron chi connectivity index (χ2n) is 4.66. The Morgan fingerprint density at radius 3 is 2.79 bits per heavy atom. The van der Waals surface area contributed by atoms with Gasteiger partial charge in [-0.2, -0.15) is 0 Å². The van der Waals surface area contributed by atoms with E-state index in [9.17, 15) is 15.3 Å². The number of nitrogens with zero attached hydrogens (tertiary/aromatic N) is 1. The predicted octanol–water partition coefficient (Wildman–Crippen LogP) is -0.673. The maximum Gasteiger partial charge on any atom is 0.130 e. The summed E-state index contributed by atoms with van der Waals surface area (Å²) in [6, 6.07) is 0.343. The van der Waals surface area contributed by atoms with Gasteiger partial charge in [0.1, 0.15) is 5.60 Å². The molecule has 2 aliphatic heterocycles. The molecule has 2 saturated heterocycles. The van der Waals surface area contributed by atoms with E-state index in [2.05, 4.69) is 11.8 Å². The van der Waals surface area contributed by atoms with Gasteiger partial charge in [-0.25, -0.2) is 0 Å². The van der Waals surface area contributed by atoms with Crippen LogP contribution in [0.4, 0.5) is 0 Å². The Bertz CT molecular complexity index is 223. The summed E-state index contributed by atoms with van der Waals surface area (Å²) in [4.78, 5) is 2.13. The third kappa shape index (κ3) is 1.29. The van der Waals surface area contributed by atoms with E-state index < -0.39 is 11.7 Å². The van der Waals surface area contributed by atoms with E-state index in [0.29, 0.717) is 12.6 Å². The van der Waals surface area contributed by atoms with Crippen molar-refractivity contribution in [3.63, 3.8) is 0 Å². The molecule has 2 rings (SSSR count). The fraction of sp³-hybridized carbons (Fsp3) is 1.00. The van der Waals surface area contributed by atoms with Crippen molar-refractivity contribution in [2.45, 2.75) is 50.0 Å². The van der Waals surface area contributed by atoms with E-state index in [1.54, 1.807) is 0 Å². The average molecular weight is 201 g/mol. The lowest BCUT2D eigenvalue weighted by Crippen LogP contribution is -2.54. The summed E-state index contributed by atoms with van der Waals surface area (Å²) < 4.78 is 0. The van der Waals surface area contributed by atoms with Crippen LogP contribution < -0.4 is 0 Å². The first-order chi connectivity index (χ1) is 6.59. The van der Waals surface area contributed by atoms with Gasteiger partial charge in [-0.3, -0.25) is 4.90 Å². The summed E-state index contributed by atoms with van der Waals surface area (Å²) in [7, 11) is 0. The highest BCUT2D eigenvalue weighted by molar-refractivity contribution is 5.08. The topological polar surface area (TPSA) is 63.9 Å². The van der Waals surface area contributed by atoms with Crippen LogP contribution in [0.3, 0.4) is 0 Å². The standard InChI is InChI=1S/C10H19NO3/c1-7-3-2-4-8-10(14,6-12)9(13)5-11(7)8/h7-9,12-14H,2-6H2,1H3. The second kappa shape index (κ2) is 3.45. The number of aliphatic hydroxyl groups excluding tert-OH is 2. The molecule has 0 spiro atoms. The maximum atomic E-state index is 10.1. The lowest BCUT2D eigenvalue weighted by Gasteiger charge is -2.40. The first kappa shape index (κ1) is 10.4. The molecule has 0 aliphatic carbocycles. The summed E-state index contributed by atoms with van der Waals surface area (Å²) in [5.74, 6) is 0. The zero-order chi connectivity index (χ0) is 10.3. The lowest BCUT2D eigenvalue weighted by atomic mass is 9.86. The SMILES string of the molecule is CC1CCCC2N1CC(O)C2(O)CO. The van der Waals surface area contributed by atoms with Crippen molar-refractivity contribution < 1.29 is 15.3 Å². The monoisotopic (exact) mass is 201 g/mol.